The number of benzene rings is 1. The number of fused-ring (bicyclic) bond motifs is 2. The van der Waals surface area contributed by atoms with Gasteiger partial charge in [-0.3, -0.25) is 0 Å². The number of esters is 1. The van der Waals surface area contributed by atoms with E-state index in [1.165, 1.54) is 38.4 Å². The minimum absolute atomic E-state index is 0.273. The summed E-state index contributed by atoms with van der Waals surface area (Å²) in [5.41, 5.74) is 4.63. The van der Waals surface area contributed by atoms with Gasteiger partial charge in [-0.05, 0) is 56.2 Å². The van der Waals surface area contributed by atoms with Crippen molar-refractivity contribution >= 4 is 11.7 Å². The molecular formula is C23H28N2O2. The number of hydrogen-bond donors (Lipinski definition) is 1. The molecule has 2 saturated heterocycles. The third-order valence-corrected chi connectivity index (χ3v) is 7.19. The molecule has 4 nitrogen and oxygen atoms in total. The fraction of sp³-hybridized carbons (Fsp3) is 0.522. The van der Waals surface area contributed by atoms with Gasteiger partial charge in [-0.25, -0.2) is 4.79 Å². The van der Waals surface area contributed by atoms with Gasteiger partial charge in [-0.1, -0.05) is 24.3 Å². The minimum Gasteiger partial charge on any atom is -0.465 e. The number of carbonyl (C=O) groups excluding carboxylic acids is 1. The Morgan fingerprint density at radius 1 is 1.19 bits per heavy atom. The number of piperidine rings is 2. The first kappa shape index (κ1) is 16.9. The van der Waals surface area contributed by atoms with E-state index in [4.69, 9.17) is 4.74 Å². The van der Waals surface area contributed by atoms with E-state index in [0.717, 1.165) is 18.5 Å². The number of nitrogens with zero attached hydrogens (tertiary/aromatic N) is 1. The van der Waals surface area contributed by atoms with Crippen LogP contribution in [0.2, 0.25) is 0 Å². The number of ether oxygens (including phenoxy) is 1. The van der Waals surface area contributed by atoms with Gasteiger partial charge in [0.2, 0.25) is 0 Å². The minimum atomic E-state index is -0.273. The summed E-state index contributed by atoms with van der Waals surface area (Å²) in [6.45, 7) is 4.19. The monoisotopic (exact) mass is 364 g/mol. The molecule has 1 aromatic carbocycles. The van der Waals surface area contributed by atoms with Crippen molar-refractivity contribution in [1.82, 2.24) is 4.90 Å². The van der Waals surface area contributed by atoms with Crippen molar-refractivity contribution < 1.29 is 9.53 Å². The third kappa shape index (κ3) is 2.69. The normalized spacial score (nSPS) is 33.7. The van der Waals surface area contributed by atoms with E-state index in [-0.39, 0.29) is 5.97 Å². The first-order chi connectivity index (χ1) is 13.2. The zero-order chi connectivity index (χ0) is 18.5. The first-order valence-corrected chi connectivity index (χ1v) is 10.3. The van der Waals surface area contributed by atoms with Crippen molar-refractivity contribution in [2.75, 3.05) is 12.4 Å². The largest absolute Gasteiger partial charge is 0.465 e. The smallest absolute Gasteiger partial charge is 0.339 e. The molecule has 1 aromatic rings. The van der Waals surface area contributed by atoms with Crippen LogP contribution in [-0.2, 0) is 4.74 Å². The number of anilines is 1. The fourth-order valence-corrected chi connectivity index (χ4v) is 5.52. The Labute approximate surface area is 161 Å². The topological polar surface area (TPSA) is 41.6 Å². The quantitative estimate of drug-likeness (QED) is 0.637. The molecule has 0 spiro atoms. The maximum absolute atomic E-state index is 12.1. The van der Waals surface area contributed by atoms with Crippen molar-refractivity contribution in [3.05, 3.63) is 53.8 Å². The average Bonchev–Trinajstić information content (AvgIpc) is 2.64. The summed E-state index contributed by atoms with van der Waals surface area (Å²) < 4.78 is 4.94. The Morgan fingerprint density at radius 3 is 2.52 bits per heavy atom. The number of hydrogen-bond acceptors (Lipinski definition) is 4. The average molecular weight is 364 g/mol. The lowest BCUT2D eigenvalue weighted by atomic mass is 9.49. The molecule has 5 aliphatic rings. The standard InChI is InChI=1S/C23H28N2O2/c1-14-19-12-20(14)21(19)13-25-16-6-5-7-17(25)11-15(10-16)24-22-9-4-3-8-18(22)23(26)27-2/h3-4,8-9,13,15-17,19-20,24H,1,5-7,10-12H2,2H3/t15-,16+,17-,19?,20?. The second-order valence-electron chi connectivity index (χ2n) is 8.58. The Kier molecular flexibility index (Phi) is 4.03. The lowest BCUT2D eigenvalue weighted by Gasteiger charge is -2.58. The van der Waals surface area contributed by atoms with Crippen molar-refractivity contribution in [1.29, 1.82) is 0 Å². The van der Waals surface area contributed by atoms with E-state index in [1.807, 2.05) is 24.3 Å². The van der Waals surface area contributed by atoms with Crippen molar-refractivity contribution in [3.8, 4) is 0 Å². The molecule has 2 unspecified atom stereocenters. The lowest BCUT2D eigenvalue weighted by molar-refractivity contribution is 0.0601. The van der Waals surface area contributed by atoms with E-state index in [0.29, 0.717) is 35.5 Å². The van der Waals surface area contributed by atoms with Crippen molar-refractivity contribution in [2.24, 2.45) is 11.8 Å². The molecule has 0 radical (unpaired) electrons. The van der Waals surface area contributed by atoms with Crippen LogP contribution < -0.4 is 5.32 Å². The van der Waals surface area contributed by atoms with Gasteiger partial charge < -0.3 is 15.0 Å². The van der Waals surface area contributed by atoms with Gasteiger partial charge in [0.1, 0.15) is 0 Å². The number of rotatable bonds is 4. The summed E-state index contributed by atoms with van der Waals surface area (Å²) in [5, 5.41) is 3.66. The molecule has 5 fully saturated rings. The van der Waals surface area contributed by atoms with Crippen molar-refractivity contribution in [2.45, 2.75) is 56.7 Å². The number of nitrogens with one attached hydrogen (secondary N) is 1. The molecule has 4 heteroatoms. The lowest BCUT2D eigenvalue weighted by Crippen LogP contribution is -2.54. The molecule has 3 saturated carbocycles. The van der Waals surface area contributed by atoms with Crippen LogP contribution in [0.25, 0.3) is 0 Å². The van der Waals surface area contributed by atoms with Gasteiger partial charge >= 0.3 is 5.97 Å². The Balaban J connectivity index is 1.31. The second kappa shape index (κ2) is 6.43. The summed E-state index contributed by atoms with van der Waals surface area (Å²) >= 11 is 0. The van der Waals surface area contributed by atoms with Crippen LogP contribution in [-0.4, -0.2) is 36.1 Å². The highest BCUT2D eigenvalue weighted by Crippen LogP contribution is 2.62. The predicted molar refractivity (Wildman–Crippen MR) is 107 cm³/mol. The second-order valence-corrected chi connectivity index (χ2v) is 8.58. The Bertz CT molecular complexity index is 786. The van der Waals surface area contributed by atoms with Crippen LogP contribution in [0.4, 0.5) is 5.69 Å². The zero-order valence-electron chi connectivity index (χ0n) is 16.0. The van der Waals surface area contributed by atoms with E-state index >= 15 is 0 Å². The SMILES string of the molecule is C=C1C2CC1C2=CN1[C@@H]2CCC[C@H]1C[C@@H](Nc1ccccc1C(=O)OC)C2. The van der Waals surface area contributed by atoms with Crippen LogP contribution in [0.15, 0.2) is 48.2 Å². The van der Waals surface area contributed by atoms with Crippen LogP contribution >= 0.6 is 0 Å². The van der Waals surface area contributed by atoms with Gasteiger partial charge in [0.25, 0.3) is 0 Å². The molecule has 0 aromatic heterocycles. The number of carbonyl (C=O) groups is 1. The molecule has 142 valence electrons. The highest BCUT2D eigenvalue weighted by atomic mass is 16.5. The summed E-state index contributed by atoms with van der Waals surface area (Å²) in [6.07, 6.45) is 9.97. The predicted octanol–water partition coefficient (Wildman–Crippen LogP) is 4.36. The third-order valence-electron chi connectivity index (χ3n) is 7.19. The molecular weight excluding hydrogens is 336 g/mol. The zero-order valence-corrected chi connectivity index (χ0v) is 16.0. The number of methoxy groups -OCH3 is 1. The first-order valence-electron chi connectivity index (χ1n) is 10.3. The molecule has 4 bridgehead atoms. The molecule has 2 aliphatic heterocycles. The molecule has 2 heterocycles. The molecule has 0 amide bonds. The molecule has 6 rings (SSSR count). The Hall–Kier alpha value is -2.23. The molecule has 27 heavy (non-hydrogen) atoms. The van der Waals surface area contributed by atoms with Gasteiger partial charge in [-0.2, -0.15) is 0 Å². The van der Waals surface area contributed by atoms with E-state index in [9.17, 15) is 4.79 Å². The van der Waals surface area contributed by atoms with Gasteiger partial charge in [0, 0.05) is 41.8 Å². The van der Waals surface area contributed by atoms with E-state index < -0.39 is 0 Å². The molecule has 1 N–H and O–H groups in total. The number of allylic oxidation sites excluding steroid dienone is 2. The van der Waals surface area contributed by atoms with Crippen LogP contribution in [0.1, 0.15) is 48.9 Å². The summed E-state index contributed by atoms with van der Waals surface area (Å²) in [7, 11) is 1.44. The maximum atomic E-state index is 12.1. The molecule has 5 atom stereocenters. The fourth-order valence-electron chi connectivity index (χ4n) is 5.52. The van der Waals surface area contributed by atoms with Gasteiger partial charge in [0.05, 0.1) is 12.7 Å². The maximum Gasteiger partial charge on any atom is 0.339 e. The number of para-hydroxylation sites is 1. The highest BCUT2D eigenvalue weighted by Gasteiger charge is 2.52. The summed E-state index contributed by atoms with van der Waals surface area (Å²) in [4.78, 5) is 14.7. The van der Waals surface area contributed by atoms with Gasteiger partial charge in [0.15, 0.2) is 0 Å². The van der Waals surface area contributed by atoms with Crippen molar-refractivity contribution in [3.63, 3.8) is 0 Å². The molecule has 3 aliphatic carbocycles. The summed E-state index contributed by atoms with van der Waals surface area (Å²) in [6, 6.07) is 9.33. The van der Waals surface area contributed by atoms with Crippen LogP contribution in [0, 0.1) is 11.8 Å². The Morgan fingerprint density at radius 2 is 1.89 bits per heavy atom. The van der Waals surface area contributed by atoms with Gasteiger partial charge in [-0.15, -0.1) is 0 Å². The summed E-state index contributed by atoms with van der Waals surface area (Å²) in [5.74, 6) is 1.11. The van der Waals surface area contributed by atoms with Crippen LogP contribution in [0.5, 0.6) is 0 Å². The van der Waals surface area contributed by atoms with E-state index in [1.54, 1.807) is 5.57 Å². The van der Waals surface area contributed by atoms with Crippen LogP contribution in [0.3, 0.4) is 0 Å². The van der Waals surface area contributed by atoms with E-state index in [2.05, 4.69) is 23.0 Å². The highest BCUT2D eigenvalue weighted by molar-refractivity contribution is 5.95.